The second kappa shape index (κ2) is 6.08. The number of hydrogen-bond acceptors (Lipinski definition) is 3. The van der Waals surface area contributed by atoms with E-state index in [0.717, 1.165) is 38.8 Å². The lowest BCUT2D eigenvalue weighted by Gasteiger charge is -2.33. The maximum Gasteiger partial charge on any atom is 0.282 e. The van der Waals surface area contributed by atoms with Gasteiger partial charge in [0.05, 0.1) is 0 Å². The standard InChI is InChI=1S/C13H25N3O2S.ClH/c1-12-3-2-7-15(9-12)19(17,18)16-8-5-13(11-16)4-6-14-10-13;/h12,14H,2-11H2,1H3;1H. The summed E-state index contributed by atoms with van der Waals surface area (Å²) in [5, 5.41) is 3.38. The minimum atomic E-state index is -3.22. The molecule has 3 heterocycles. The monoisotopic (exact) mass is 323 g/mol. The lowest BCUT2D eigenvalue weighted by molar-refractivity contribution is 0.258. The topological polar surface area (TPSA) is 52.7 Å². The first-order chi connectivity index (χ1) is 9.02. The Hall–Kier alpha value is 0.120. The molecule has 3 rings (SSSR count). The molecule has 0 saturated carbocycles. The minimum Gasteiger partial charge on any atom is -0.316 e. The zero-order chi connectivity index (χ0) is 13.5. The largest absolute Gasteiger partial charge is 0.316 e. The normalized spacial score (nSPS) is 36.4. The van der Waals surface area contributed by atoms with Crippen LogP contribution in [0.25, 0.3) is 0 Å². The maximum atomic E-state index is 12.7. The van der Waals surface area contributed by atoms with Crippen molar-refractivity contribution in [1.82, 2.24) is 13.9 Å². The smallest absolute Gasteiger partial charge is 0.282 e. The maximum absolute atomic E-state index is 12.7. The molecule has 2 unspecified atom stereocenters. The van der Waals surface area contributed by atoms with Gasteiger partial charge in [0.25, 0.3) is 10.2 Å². The Kier molecular flexibility index (Phi) is 5.02. The Balaban J connectivity index is 0.00000147. The summed E-state index contributed by atoms with van der Waals surface area (Å²) < 4.78 is 28.9. The van der Waals surface area contributed by atoms with Crippen LogP contribution in [0, 0.1) is 11.3 Å². The number of halogens is 1. The number of rotatable bonds is 2. The SMILES string of the molecule is CC1CCCN(S(=O)(=O)N2CCC3(CCNC3)C2)C1.Cl. The molecular formula is C13H26ClN3O2S. The van der Waals surface area contributed by atoms with Gasteiger partial charge in [-0.3, -0.25) is 0 Å². The van der Waals surface area contributed by atoms with Crippen LogP contribution in [-0.4, -0.2) is 56.3 Å². The van der Waals surface area contributed by atoms with Crippen molar-refractivity contribution in [2.75, 3.05) is 39.3 Å². The molecule has 3 fully saturated rings. The summed E-state index contributed by atoms with van der Waals surface area (Å²) in [5.41, 5.74) is 0.217. The van der Waals surface area contributed by atoms with Gasteiger partial charge >= 0.3 is 0 Å². The summed E-state index contributed by atoms with van der Waals surface area (Å²) >= 11 is 0. The van der Waals surface area contributed by atoms with Crippen molar-refractivity contribution in [2.24, 2.45) is 11.3 Å². The van der Waals surface area contributed by atoms with Crippen LogP contribution in [0.3, 0.4) is 0 Å². The predicted molar refractivity (Wildman–Crippen MR) is 82.2 cm³/mol. The molecule has 0 aromatic carbocycles. The fraction of sp³-hybridized carbons (Fsp3) is 1.00. The number of nitrogens with one attached hydrogen (secondary N) is 1. The average molecular weight is 324 g/mol. The van der Waals surface area contributed by atoms with Gasteiger partial charge in [0.1, 0.15) is 0 Å². The van der Waals surface area contributed by atoms with E-state index in [-0.39, 0.29) is 17.8 Å². The Morgan fingerprint density at radius 3 is 2.65 bits per heavy atom. The summed E-state index contributed by atoms with van der Waals surface area (Å²) in [6.07, 6.45) is 4.29. The summed E-state index contributed by atoms with van der Waals surface area (Å²) in [7, 11) is -3.22. The molecule has 0 radical (unpaired) electrons. The van der Waals surface area contributed by atoms with Crippen LogP contribution in [0.2, 0.25) is 0 Å². The fourth-order valence-corrected chi connectivity index (χ4v) is 5.64. The molecule has 0 aromatic heterocycles. The fourth-order valence-electron chi connectivity index (χ4n) is 3.75. The molecule has 118 valence electrons. The third-order valence-electron chi connectivity index (χ3n) is 5.01. The average Bonchev–Trinajstić information content (AvgIpc) is 3.01. The highest BCUT2D eigenvalue weighted by Crippen LogP contribution is 2.38. The van der Waals surface area contributed by atoms with Gasteiger partial charge in [-0.05, 0) is 43.6 Å². The molecule has 3 saturated heterocycles. The molecule has 2 atom stereocenters. The number of nitrogens with zero attached hydrogens (tertiary/aromatic N) is 2. The van der Waals surface area contributed by atoms with Gasteiger partial charge in [0.2, 0.25) is 0 Å². The molecule has 3 aliphatic heterocycles. The summed E-state index contributed by atoms with van der Waals surface area (Å²) in [6.45, 7) is 6.98. The quantitative estimate of drug-likeness (QED) is 0.827. The van der Waals surface area contributed by atoms with Gasteiger partial charge in [-0.1, -0.05) is 6.92 Å². The lowest BCUT2D eigenvalue weighted by Crippen LogP contribution is -2.47. The third-order valence-corrected chi connectivity index (χ3v) is 6.96. The van der Waals surface area contributed by atoms with E-state index in [9.17, 15) is 8.42 Å². The second-order valence-electron chi connectivity index (χ2n) is 6.62. The molecule has 3 aliphatic rings. The highest BCUT2D eigenvalue weighted by atomic mass is 35.5. The van der Waals surface area contributed by atoms with Crippen molar-refractivity contribution in [3.8, 4) is 0 Å². The Morgan fingerprint density at radius 2 is 2.00 bits per heavy atom. The molecule has 5 nitrogen and oxygen atoms in total. The molecule has 1 spiro atoms. The minimum absolute atomic E-state index is 0. The van der Waals surface area contributed by atoms with Crippen LogP contribution < -0.4 is 5.32 Å². The van der Waals surface area contributed by atoms with Gasteiger partial charge in [-0.25, -0.2) is 0 Å². The van der Waals surface area contributed by atoms with Gasteiger partial charge in [0.15, 0.2) is 0 Å². The summed E-state index contributed by atoms with van der Waals surface area (Å²) in [4.78, 5) is 0. The van der Waals surface area contributed by atoms with E-state index in [1.807, 2.05) is 0 Å². The second-order valence-corrected chi connectivity index (χ2v) is 8.55. The highest BCUT2D eigenvalue weighted by Gasteiger charge is 2.45. The van der Waals surface area contributed by atoms with Gasteiger partial charge in [0, 0.05) is 32.7 Å². The van der Waals surface area contributed by atoms with Crippen LogP contribution in [0.4, 0.5) is 0 Å². The third kappa shape index (κ3) is 2.99. The van der Waals surface area contributed by atoms with E-state index in [1.165, 1.54) is 0 Å². The van der Waals surface area contributed by atoms with Crippen molar-refractivity contribution in [3.05, 3.63) is 0 Å². The highest BCUT2D eigenvalue weighted by molar-refractivity contribution is 7.86. The lowest BCUT2D eigenvalue weighted by atomic mass is 9.87. The van der Waals surface area contributed by atoms with Crippen molar-refractivity contribution >= 4 is 22.6 Å². The van der Waals surface area contributed by atoms with E-state index in [4.69, 9.17) is 0 Å². The summed E-state index contributed by atoms with van der Waals surface area (Å²) in [6, 6.07) is 0. The van der Waals surface area contributed by atoms with Crippen molar-refractivity contribution < 1.29 is 8.42 Å². The van der Waals surface area contributed by atoms with E-state index in [2.05, 4.69) is 12.2 Å². The first-order valence-electron chi connectivity index (χ1n) is 7.48. The van der Waals surface area contributed by atoms with Crippen LogP contribution in [0.1, 0.15) is 32.6 Å². The van der Waals surface area contributed by atoms with Crippen LogP contribution >= 0.6 is 12.4 Å². The van der Waals surface area contributed by atoms with E-state index in [0.29, 0.717) is 32.1 Å². The zero-order valence-electron chi connectivity index (χ0n) is 12.2. The molecule has 20 heavy (non-hydrogen) atoms. The number of hydrogen-bond donors (Lipinski definition) is 1. The van der Waals surface area contributed by atoms with Crippen molar-refractivity contribution in [3.63, 3.8) is 0 Å². The molecule has 1 N–H and O–H groups in total. The van der Waals surface area contributed by atoms with Crippen molar-refractivity contribution in [2.45, 2.75) is 32.6 Å². The Morgan fingerprint density at radius 1 is 1.20 bits per heavy atom. The predicted octanol–water partition coefficient (Wildman–Crippen LogP) is 1.07. The first kappa shape index (κ1) is 16.5. The van der Waals surface area contributed by atoms with E-state index >= 15 is 0 Å². The molecule has 0 bridgehead atoms. The van der Waals surface area contributed by atoms with Gasteiger partial charge in [-0.15, -0.1) is 12.4 Å². The molecular weight excluding hydrogens is 298 g/mol. The van der Waals surface area contributed by atoms with Gasteiger partial charge in [-0.2, -0.15) is 17.0 Å². The van der Waals surface area contributed by atoms with Crippen LogP contribution in [-0.2, 0) is 10.2 Å². The Labute approximate surface area is 128 Å². The number of piperidine rings is 1. The van der Waals surface area contributed by atoms with Crippen LogP contribution in [0.15, 0.2) is 0 Å². The van der Waals surface area contributed by atoms with E-state index in [1.54, 1.807) is 8.61 Å². The molecule has 0 aromatic rings. The van der Waals surface area contributed by atoms with Crippen molar-refractivity contribution in [1.29, 1.82) is 0 Å². The zero-order valence-corrected chi connectivity index (χ0v) is 13.8. The van der Waals surface area contributed by atoms with Gasteiger partial charge < -0.3 is 5.32 Å². The first-order valence-corrected chi connectivity index (χ1v) is 8.88. The Bertz CT molecular complexity index is 437. The molecule has 0 aliphatic carbocycles. The molecule has 0 amide bonds. The van der Waals surface area contributed by atoms with Crippen LogP contribution in [0.5, 0.6) is 0 Å². The van der Waals surface area contributed by atoms with E-state index < -0.39 is 10.2 Å². The molecule has 7 heteroatoms. The summed E-state index contributed by atoms with van der Waals surface area (Å²) in [5.74, 6) is 0.494.